The van der Waals surface area contributed by atoms with Gasteiger partial charge < -0.3 is 8.98 Å². The second-order valence-electron chi connectivity index (χ2n) is 15.1. The Morgan fingerprint density at radius 1 is 0.367 bits per heavy atom. The van der Waals surface area contributed by atoms with Crippen LogP contribution < -0.4 is 0 Å². The van der Waals surface area contributed by atoms with Crippen LogP contribution in [0.25, 0.3) is 117 Å². The van der Waals surface area contributed by atoms with Gasteiger partial charge in [-0.25, -0.2) is 19.9 Å². The average Bonchev–Trinajstić information content (AvgIpc) is 3.92. The minimum Gasteiger partial charge on any atom is -0.435 e. The van der Waals surface area contributed by atoms with E-state index in [1.165, 1.54) is 10.8 Å². The third kappa shape index (κ3) is 5.65. The van der Waals surface area contributed by atoms with Gasteiger partial charge in [-0.1, -0.05) is 146 Å². The van der Waals surface area contributed by atoms with Gasteiger partial charge in [0, 0.05) is 44.1 Å². The predicted molar refractivity (Wildman–Crippen MR) is 244 cm³/mol. The molecule has 0 unspecified atom stereocenters. The van der Waals surface area contributed by atoms with Crippen molar-refractivity contribution < 1.29 is 4.42 Å². The van der Waals surface area contributed by atoms with Crippen molar-refractivity contribution in [3.8, 4) is 62.4 Å². The van der Waals surface area contributed by atoms with Crippen LogP contribution in [0.4, 0.5) is 0 Å². The Morgan fingerprint density at radius 2 is 0.917 bits per heavy atom. The molecule has 9 aromatic carbocycles. The van der Waals surface area contributed by atoms with Crippen LogP contribution in [0.3, 0.4) is 0 Å². The summed E-state index contributed by atoms with van der Waals surface area (Å²) in [6.45, 7) is 0. The van der Waals surface area contributed by atoms with E-state index in [1.807, 2.05) is 66.7 Å². The van der Waals surface area contributed by atoms with Crippen molar-refractivity contribution >= 4 is 54.5 Å². The van der Waals surface area contributed by atoms with Crippen LogP contribution >= 0.6 is 0 Å². The molecule has 3 heterocycles. The number of hydrogen-bond donors (Lipinski definition) is 0. The van der Waals surface area contributed by atoms with Crippen molar-refractivity contribution in [2.45, 2.75) is 0 Å². The molecular formula is C54H33N5O. The van der Waals surface area contributed by atoms with E-state index < -0.39 is 0 Å². The fraction of sp³-hybridized carbons (Fsp3) is 0. The van der Waals surface area contributed by atoms with Crippen molar-refractivity contribution in [3.63, 3.8) is 0 Å². The molecule has 0 fully saturated rings. The molecule has 280 valence electrons. The molecule has 60 heavy (non-hydrogen) atoms. The summed E-state index contributed by atoms with van der Waals surface area (Å²) in [6.07, 6.45) is 0. The lowest BCUT2D eigenvalue weighted by Crippen LogP contribution is -2.01. The minimum absolute atomic E-state index is 0.613. The smallest absolute Gasteiger partial charge is 0.227 e. The molecule has 0 saturated carbocycles. The largest absolute Gasteiger partial charge is 0.435 e. The van der Waals surface area contributed by atoms with Gasteiger partial charge in [0.2, 0.25) is 5.89 Å². The van der Waals surface area contributed by atoms with E-state index in [2.05, 4.69) is 138 Å². The summed E-state index contributed by atoms with van der Waals surface area (Å²) < 4.78 is 8.81. The van der Waals surface area contributed by atoms with E-state index >= 15 is 0 Å². The molecule has 0 saturated heterocycles. The number of nitrogens with zero attached hydrogens (tertiary/aromatic N) is 5. The lowest BCUT2D eigenvalue weighted by molar-refractivity contribution is 0.623. The lowest BCUT2D eigenvalue weighted by atomic mass is 9.95. The molecule has 0 aliphatic carbocycles. The zero-order valence-electron chi connectivity index (χ0n) is 32.2. The molecule has 0 N–H and O–H groups in total. The van der Waals surface area contributed by atoms with Crippen LogP contribution in [0.2, 0.25) is 0 Å². The number of aromatic nitrogens is 5. The first kappa shape index (κ1) is 33.9. The minimum atomic E-state index is 0.613. The lowest BCUT2D eigenvalue weighted by Gasteiger charge is -2.12. The number of benzene rings is 9. The molecule has 6 nitrogen and oxygen atoms in total. The van der Waals surface area contributed by atoms with Gasteiger partial charge in [-0.2, -0.15) is 0 Å². The molecule has 12 rings (SSSR count). The number of rotatable bonds is 6. The molecular weight excluding hydrogens is 735 g/mol. The van der Waals surface area contributed by atoms with Gasteiger partial charge in [0.1, 0.15) is 5.52 Å². The Hall–Kier alpha value is -8.22. The summed E-state index contributed by atoms with van der Waals surface area (Å²) in [6, 6.07) is 69.4. The van der Waals surface area contributed by atoms with Crippen LogP contribution in [0, 0.1) is 0 Å². The van der Waals surface area contributed by atoms with Crippen molar-refractivity contribution in [2.75, 3.05) is 0 Å². The highest BCUT2D eigenvalue weighted by molar-refractivity contribution is 6.12. The SMILES string of the molecule is c1ccc(-c2nc(-c3cccc(-n4c5ccccc5c5ccccc54)c3)nc(-c3ccc4cc(-c5cccc6ccc7nc(-c8ccccc8)oc7c56)ccc4c3)n2)cc1. The van der Waals surface area contributed by atoms with E-state index in [9.17, 15) is 0 Å². The van der Waals surface area contributed by atoms with Gasteiger partial charge in [0.05, 0.1) is 11.0 Å². The Morgan fingerprint density at radius 3 is 1.63 bits per heavy atom. The number of para-hydroxylation sites is 2. The highest BCUT2D eigenvalue weighted by atomic mass is 16.3. The third-order valence-electron chi connectivity index (χ3n) is 11.4. The van der Waals surface area contributed by atoms with Gasteiger partial charge in [0.25, 0.3) is 0 Å². The molecule has 0 atom stereocenters. The topological polar surface area (TPSA) is 69.6 Å². The summed E-state index contributed by atoms with van der Waals surface area (Å²) in [5.74, 6) is 2.47. The van der Waals surface area contributed by atoms with E-state index in [0.29, 0.717) is 23.4 Å². The predicted octanol–water partition coefficient (Wildman–Crippen LogP) is 13.8. The van der Waals surface area contributed by atoms with Crippen molar-refractivity contribution in [3.05, 3.63) is 200 Å². The average molecular weight is 768 g/mol. The first-order valence-electron chi connectivity index (χ1n) is 20.0. The van der Waals surface area contributed by atoms with Crippen molar-refractivity contribution in [1.29, 1.82) is 0 Å². The van der Waals surface area contributed by atoms with Crippen LogP contribution in [-0.4, -0.2) is 24.5 Å². The van der Waals surface area contributed by atoms with Gasteiger partial charge in [-0.3, -0.25) is 0 Å². The maximum absolute atomic E-state index is 6.49. The first-order chi connectivity index (χ1) is 29.7. The van der Waals surface area contributed by atoms with E-state index in [1.54, 1.807) is 0 Å². The van der Waals surface area contributed by atoms with Crippen molar-refractivity contribution in [2.24, 2.45) is 0 Å². The fourth-order valence-corrected chi connectivity index (χ4v) is 8.59. The summed E-state index contributed by atoms with van der Waals surface area (Å²) in [5.41, 5.74) is 10.9. The molecule has 0 aliphatic heterocycles. The molecule has 6 heteroatoms. The summed E-state index contributed by atoms with van der Waals surface area (Å²) >= 11 is 0. The van der Waals surface area contributed by atoms with Gasteiger partial charge >= 0.3 is 0 Å². The second kappa shape index (κ2) is 13.7. The summed E-state index contributed by atoms with van der Waals surface area (Å²) in [7, 11) is 0. The molecule has 3 aromatic heterocycles. The van der Waals surface area contributed by atoms with Crippen LogP contribution in [0.1, 0.15) is 0 Å². The molecule has 0 radical (unpaired) electrons. The van der Waals surface area contributed by atoms with E-state index in [0.717, 1.165) is 82.7 Å². The quantitative estimate of drug-likeness (QED) is 0.168. The Labute approximate surface area is 344 Å². The highest BCUT2D eigenvalue weighted by Crippen LogP contribution is 2.39. The zero-order chi connectivity index (χ0) is 39.6. The first-order valence-corrected chi connectivity index (χ1v) is 20.0. The van der Waals surface area contributed by atoms with Crippen LogP contribution in [-0.2, 0) is 0 Å². The summed E-state index contributed by atoms with van der Waals surface area (Å²) in [4.78, 5) is 20.2. The molecule has 0 bridgehead atoms. The summed E-state index contributed by atoms with van der Waals surface area (Å²) in [5, 5.41) is 6.79. The molecule has 0 spiro atoms. The highest BCUT2D eigenvalue weighted by Gasteiger charge is 2.18. The molecule has 12 aromatic rings. The zero-order valence-corrected chi connectivity index (χ0v) is 32.2. The Balaban J connectivity index is 0.960. The van der Waals surface area contributed by atoms with Crippen LogP contribution in [0.15, 0.2) is 205 Å². The normalized spacial score (nSPS) is 11.7. The third-order valence-corrected chi connectivity index (χ3v) is 11.4. The molecule has 0 amide bonds. The molecule has 0 aliphatic rings. The second-order valence-corrected chi connectivity index (χ2v) is 15.1. The Kier molecular flexibility index (Phi) is 7.74. The van der Waals surface area contributed by atoms with Gasteiger partial charge in [-0.05, 0) is 81.9 Å². The fourth-order valence-electron chi connectivity index (χ4n) is 8.59. The van der Waals surface area contributed by atoms with Gasteiger partial charge in [-0.15, -0.1) is 0 Å². The monoisotopic (exact) mass is 767 g/mol. The maximum Gasteiger partial charge on any atom is 0.227 e. The number of hydrogen-bond acceptors (Lipinski definition) is 5. The number of oxazole rings is 1. The standard InChI is InChI=1S/C54H33N5O/c1-3-13-35(14-4-1)51-56-52(40-18-11-19-42(33-40)59-47-23-9-7-20-44(47)45-21-8-10-24-48(45)59)58-53(57-51)41-28-26-37-31-39(27-25-38(37)32-41)43-22-12-17-34-29-30-46-50(49(34)43)60-54(55-46)36-15-5-2-6-16-36/h1-33H. The van der Waals surface area contributed by atoms with Crippen LogP contribution in [0.5, 0.6) is 0 Å². The van der Waals surface area contributed by atoms with E-state index in [4.69, 9.17) is 24.4 Å². The maximum atomic E-state index is 6.49. The van der Waals surface area contributed by atoms with E-state index in [-0.39, 0.29) is 0 Å². The Bertz CT molecular complexity index is 3560. The number of fused-ring (bicyclic) bond motifs is 7. The van der Waals surface area contributed by atoms with Crippen molar-refractivity contribution in [1.82, 2.24) is 24.5 Å². The van der Waals surface area contributed by atoms with Gasteiger partial charge in [0.15, 0.2) is 23.1 Å².